The lowest BCUT2D eigenvalue weighted by molar-refractivity contribution is -0.161. The minimum absolute atomic E-state index is 0.103. The largest absolute Gasteiger partial charge is 0.472 e. The van der Waals surface area contributed by atoms with Gasteiger partial charge in [-0.2, -0.15) is 0 Å². The zero-order valence-corrected chi connectivity index (χ0v) is 62.5. The van der Waals surface area contributed by atoms with Crippen molar-refractivity contribution in [1.29, 1.82) is 0 Å². The SMILES string of the molecule is CCCCCCCCCCCCCCCCCCCCCC(=O)O[C@H](COC(=O)CCCCCCCCCCCCCC(C)C)COP(=O)(O)OC[C@@H](O)COP(=O)(O)OC[C@@H](COC(=O)CCCCCCCCCC(C)C)OC(=O)CCCCCCCCCC(C)C. The van der Waals surface area contributed by atoms with Crippen molar-refractivity contribution in [3.63, 3.8) is 0 Å². The van der Waals surface area contributed by atoms with Crippen LogP contribution in [0.5, 0.6) is 0 Å². The van der Waals surface area contributed by atoms with Gasteiger partial charge in [0.25, 0.3) is 0 Å². The highest BCUT2D eigenvalue weighted by Gasteiger charge is 2.30. The monoisotopic (exact) mass is 1370 g/mol. The van der Waals surface area contributed by atoms with E-state index in [4.69, 9.17) is 37.0 Å². The molecule has 0 bridgehead atoms. The normalized spacial score (nSPS) is 14.1. The lowest BCUT2D eigenvalue weighted by atomic mass is 10.0. The molecule has 0 rings (SSSR count). The number of hydrogen-bond donors (Lipinski definition) is 3. The van der Waals surface area contributed by atoms with E-state index in [1.54, 1.807) is 0 Å². The van der Waals surface area contributed by atoms with Gasteiger partial charge >= 0.3 is 39.5 Å². The summed E-state index contributed by atoms with van der Waals surface area (Å²) in [5.41, 5.74) is 0. The minimum atomic E-state index is -4.96. The quantitative estimate of drug-likeness (QED) is 0.0222. The van der Waals surface area contributed by atoms with E-state index in [0.29, 0.717) is 37.5 Å². The fourth-order valence-corrected chi connectivity index (χ4v) is 12.8. The summed E-state index contributed by atoms with van der Waals surface area (Å²) in [5, 5.41) is 10.6. The molecular formula is C74H144O17P2. The second-order valence-corrected chi connectivity index (χ2v) is 31.0. The number of esters is 4. The molecule has 5 atom stereocenters. The predicted molar refractivity (Wildman–Crippen MR) is 377 cm³/mol. The van der Waals surface area contributed by atoms with Gasteiger partial charge < -0.3 is 33.8 Å². The third-order valence-electron chi connectivity index (χ3n) is 17.1. The number of unbranched alkanes of at least 4 members (excludes halogenated alkanes) is 40. The molecule has 0 aromatic rings. The maximum absolute atomic E-state index is 13.1. The number of aliphatic hydroxyl groups excluding tert-OH is 1. The van der Waals surface area contributed by atoms with Crippen molar-refractivity contribution < 1.29 is 80.2 Å². The lowest BCUT2D eigenvalue weighted by Gasteiger charge is -2.21. The van der Waals surface area contributed by atoms with E-state index in [0.717, 1.165) is 102 Å². The smallest absolute Gasteiger partial charge is 0.462 e. The van der Waals surface area contributed by atoms with Crippen molar-refractivity contribution in [2.24, 2.45) is 17.8 Å². The molecule has 0 aliphatic carbocycles. The lowest BCUT2D eigenvalue weighted by Crippen LogP contribution is -2.30. The van der Waals surface area contributed by atoms with E-state index in [1.165, 1.54) is 180 Å². The molecule has 0 aromatic carbocycles. The van der Waals surface area contributed by atoms with Crippen LogP contribution in [-0.2, 0) is 65.4 Å². The summed E-state index contributed by atoms with van der Waals surface area (Å²) in [6, 6.07) is 0. The summed E-state index contributed by atoms with van der Waals surface area (Å²) in [7, 11) is -9.91. The average molecular weight is 1370 g/mol. The van der Waals surface area contributed by atoms with Gasteiger partial charge in [0, 0.05) is 25.7 Å². The predicted octanol–water partition coefficient (Wildman–Crippen LogP) is 21.4. The number of phosphoric acid groups is 2. The zero-order valence-electron chi connectivity index (χ0n) is 60.7. The standard InChI is InChI=1S/C74H144O17P2/c1-8-9-10-11-12-13-14-15-16-17-18-19-20-21-24-28-35-43-50-57-73(78)90-69(61-84-71(76)55-48-41-34-27-25-22-23-26-31-38-45-52-65(2)3)63-88-92(80,81)86-59-68(75)60-87-93(82,83)89-64-70(91-74(79)58-51-44-37-30-33-40-47-54-67(6)7)62-85-72(77)56-49-42-36-29-32-39-46-53-66(4)5/h65-70,75H,8-64H2,1-7H3,(H,80,81)(H,82,83)/t68-,69-,70-/m1/s1. The molecule has 19 heteroatoms. The van der Waals surface area contributed by atoms with E-state index in [-0.39, 0.29) is 25.7 Å². The molecule has 0 radical (unpaired) electrons. The number of ether oxygens (including phenoxy) is 4. The highest BCUT2D eigenvalue weighted by atomic mass is 31.2. The van der Waals surface area contributed by atoms with Crippen LogP contribution in [0.2, 0.25) is 0 Å². The topological polar surface area (TPSA) is 237 Å². The van der Waals surface area contributed by atoms with Crippen molar-refractivity contribution in [2.45, 2.75) is 394 Å². The van der Waals surface area contributed by atoms with Crippen LogP contribution < -0.4 is 0 Å². The van der Waals surface area contributed by atoms with Gasteiger partial charge in [0.05, 0.1) is 26.4 Å². The zero-order chi connectivity index (χ0) is 68.7. The summed E-state index contributed by atoms with van der Waals surface area (Å²) < 4.78 is 68.4. The molecule has 0 saturated carbocycles. The summed E-state index contributed by atoms with van der Waals surface area (Å²) in [4.78, 5) is 72.7. The fraction of sp³-hybridized carbons (Fsp3) is 0.946. The highest BCUT2D eigenvalue weighted by Crippen LogP contribution is 2.45. The number of carbonyl (C=O) groups excluding carboxylic acids is 4. The van der Waals surface area contributed by atoms with Gasteiger partial charge in [-0.05, 0) is 43.4 Å². The summed E-state index contributed by atoms with van der Waals surface area (Å²) in [6.45, 7) is 11.8. The third kappa shape index (κ3) is 68.4. The van der Waals surface area contributed by atoms with Crippen molar-refractivity contribution in [3.05, 3.63) is 0 Å². The van der Waals surface area contributed by atoms with Crippen molar-refractivity contribution in [1.82, 2.24) is 0 Å². The summed E-state index contributed by atoms with van der Waals surface area (Å²) >= 11 is 0. The highest BCUT2D eigenvalue weighted by molar-refractivity contribution is 7.47. The van der Waals surface area contributed by atoms with Gasteiger partial charge in [0.1, 0.15) is 19.3 Å². The van der Waals surface area contributed by atoms with Crippen LogP contribution in [0.3, 0.4) is 0 Å². The van der Waals surface area contributed by atoms with E-state index in [1.807, 2.05) is 0 Å². The van der Waals surface area contributed by atoms with Crippen molar-refractivity contribution >= 4 is 39.5 Å². The maximum atomic E-state index is 13.1. The second-order valence-electron chi connectivity index (χ2n) is 28.1. The Labute approximate surface area is 568 Å². The van der Waals surface area contributed by atoms with Crippen molar-refractivity contribution in [3.8, 4) is 0 Å². The van der Waals surface area contributed by atoms with Crippen LogP contribution in [0.15, 0.2) is 0 Å². The molecule has 3 N–H and O–H groups in total. The van der Waals surface area contributed by atoms with Crippen LogP contribution in [0.4, 0.5) is 0 Å². The molecule has 0 spiro atoms. The molecule has 552 valence electrons. The number of carbonyl (C=O) groups is 4. The molecule has 0 saturated heterocycles. The van der Waals surface area contributed by atoms with Crippen LogP contribution in [0, 0.1) is 17.8 Å². The van der Waals surface area contributed by atoms with Crippen LogP contribution in [-0.4, -0.2) is 96.7 Å². The Hall–Kier alpha value is -1.94. The first-order chi connectivity index (χ1) is 44.7. The Morgan fingerprint density at radius 2 is 0.495 bits per heavy atom. The first-order valence-electron chi connectivity index (χ1n) is 38.3. The molecule has 0 aliphatic rings. The van der Waals surface area contributed by atoms with Gasteiger partial charge in [0.2, 0.25) is 0 Å². The molecule has 0 amide bonds. The molecule has 0 aliphatic heterocycles. The van der Waals surface area contributed by atoms with E-state index in [9.17, 15) is 43.2 Å². The third-order valence-corrected chi connectivity index (χ3v) is 19.0. The van der Waals surface area contributed by atoms with Crippen molar-refractivity contribution in [2.75, 3.05) is 39.6 Å². The van der Waals surface area contributed by atoms with E-state index < -0.39 is 97.5 Å². The molecule has 2 unspecified atom stereocenters. The molecular weight excluding hydrogens is 1220 g/mol. The first-order valence-corrected chi connectivity index (χ1v) is 41.3. The fourth-order valence-electron chi connectivity index (χ4n) is 11.2. The number of phosphoric ester groups is 2. The van der Waals surface area contributed by atoms with Gasteiger partial charge in [-0.15, -0.1) is 0 Å². The van der Waals surface area contributed by atoms with Gasteiger partial charge in [-0.25, -0.2) is 9.13 Å². The first kappa shape index (κ1) is 91.1. The molecule has 17 nitrogen and oxygen atoms in total. The molecule has 0 fully saturated rings. The minimum Gasteiger partial charge on any atom is -0.462 e. The maximum Gasteiger partial charge on any atom is 0.472 e. The van der Waals surface area contributed by atoms with E-state index >= 15 is 0 Å². The second kappa shape index (κ2) is 64.7. The summed E-state index contributed by atoms with van der Waals surface area (Å²) in [6.07, 6.45) is 50.2. The number of hydrogen-bond acceptors (Lipinski definition) is 15. The molecule has 0 aromatic heterocycles. The molecule has 0 heterocycles. The Morgan fingerprint density at radius 1 is 0.290 bits per heavy atom. The van der Waals surface area contributed by atoms with E-state index in [2.05, 4.69) is 48.5 Å². The number of aliphatic hydroxyl groups is 1. The van der Waals surface area contributed by atoms with Gasteiger partial charge in [0.15, 0.2) is 12.2 Å². The summed E-state index contributed by atoms with van der Waals surface area (Å²) in [5.74, 6) is 0.0473. The van der Waals surface area contributed by atoms with Gasteiger partial charge in [-0.3, -0.25) is 37.3 Å². The average Bonchev–Trinajstić information content (AvgIpc) is 1.57. The Balaban J connectivity index is 5.22. The Kier molecular flexibility index (Phi) is 63.4. The van der Waals surface area contributed by atoms with Crippen LogP contribution in [0.25, 0.3) is 0 Å². The number of rotatable bonds is 72. The Bertz CT molecular complexity index is 1820. The Morgan fingerprint density at radius 3 is 0.731 bits per heavy atom. The van der Waals surface area contributed by atoms with Gasteiger partial charge in [-0.1, -0.05) is 325 Å². The molecule has 93 heavy (non-hydrogen) atoms. The van der Waals surface area contributed by atoms with Crippen LogP contribution >= 0.6 is 15.6 Å². The van der Waals surface area contributed by atoms with Crippen LogP contribution in [0.1, 0.15) is 376 Å².